The van der Waals surface area contributed by atoms with Crippen molar-refractivity contribution in [3.63, 3.8) is 0 Å². The molecule has 0 heterocycles. The van der Waals surface area contributed by atoms with Gasteiger partial charge in [-0.1, -0.05) is 0 Å². The summed E-state index contributed by atoms with van der Waals surface area (Å²) in [5.41, 5.74) is 0.166. The van der Waals surface area contributed by atoms with E-state index in [0.29, 0.717) is 11.8 Å². The molecule has 2 aliphatic carbocycles. The van der Waals surface area contributed by atoms with Gasteiger partial charge in [-0.15, -0.1) is 23.2 Å². The van der Waals surface area contributed by atoms with E-state index in [1.165, 1.54) is 32.1 Å². The molecule has 0 N–H and O–H groups in total. The van der Waals surface area contributed by atoms with Crippen LogP contribution in [0, 0.1) is 5.92 Å². The van der Waals surface area contributed by atoms with Crippen LogP contribution in [0.15, 0.2) is 0 Å². The molecule has 0 spiro atoms. The van der Waals surface area contributed by atoms with Gasteiger partial charge in [-0.25, -0.2) is 0 Å². The van der Waals surface area contributed by atoms with Gasteiger partial charge in [-0.05, 0) is 38.0 Å². The van der Waals surface area contributed by atoms with E-state index in [2.05, 4.69) is 0 Å². The number of hydrogen-bond acceptors (Lipinski definition) is 1. The molecule has 2 bridgehead atoms. The highest BCUT2D eigenvalue weighted by atomic mass is 35.5. The highest BCUT2D eigenvalue weighted by Crippen LogP contribution is 2.50. The first-order chi connectivity index (χ1) is 6.28. The van der Waals surface area contributed by atoms with Gasteiger partial charge in [0, 0.05) is 11.8 Å². The second-order valence-corrected chi connectivity index (χ2v) is 5.00. The fourth-order valence-electron chi connectivity index (χ4n) is 2.76. The third kappa shape index (κ3) is 1.98. The Labute approximate surface area is 89.7 Å². The molecule has 0 aromatic carbocycles. The van der Waals surface area contributed by atoms with Crippen molar-refractivity contribution in [1.82, 2.24) is 0 Å². The summed E-state index contributed by atoms with van der Waals surface area (Å²) in [4.78, 5) is 0. The van der Waals surface area contributed by atoms with Gasteiger partial charge >= 0.3 is 0 Å². The monoisotopic (exact) mass is 222 g/mol. The molecule has 2 rings (SSSR count). The maximum absolute atomic E-state index is 6.02. The van der Waals surface area contributed by atoms with E-state index in [-0.39, 0.29) is 11.7 Å². The third-order valence-corrected chi connectivity index (χ3v) is 4.13. The van der Waals surface area contributed by atoms with E-state index < -0.39 is 0 Å². The average molecular weight is 223 g/mol. The average Bonchev–Trinajstić information content (AvgIpc) is 2.74. The molecule has 2 aliphatic rings. The maximum atomic E-state index is 6.02. The number of rotatable bonds is 4. The van der Waals surface area contributed by atoms with Gasteiger partial charge in [-0.2, -0.15) is 0 Å². The van der Waals surface area contributed by atoms with E-state index in [4.69, 9.17) is 27.9 Å². The van der Waals surface area contributed by atoms with Crippen LogP contribution < -0.4 is 0 Å². The molecule has 0 unspecified atom stereocenters. The molecule has 13 heavy (non-hydrogen) atoms. The first kappa shape index (κ1) is 10.1. The van der Waals surface area contributed by atoms with E-state index in [9.17, 15) is 0 Å². The van der Waals surface area contributed by atoms with Crippen molar-refractivity contribution in [2.75, 3.05) is 11.8 Å². The van der Waals surface area contributed by atoms with Crippen LogP contribution in [0.5, 0.6) is 0 Å². The normalized spacial score (nSPS) is 37.6. The fourth-order valence-corrected chi connectivity index (χ4v) is 3.22. The first-order valence-electron chi connectivity index (χ1n) is 5.08. The van der Waals surface area contributed by atoms with Gasteiger partial charge in [0.1, 0.15) is 0 Å². The van der Waals surface area contributed by atoms with Crippen LogP contribution in [-0.2, 0) is 4.74 Å². The van der Waals surface area contributed by atoms with Crippen LogP contribution in [0.2, 0.25) is 0 Å². The van der Waals surface area contributed by atoms with Crippen LogP contribution >= 0.6 is 23.2 Å². The first-order valence-corrected chi connectivity index (χ1v) is 6.15. The lowest BCUT2D eigenvalue weighted by Crippen LogP contribution is -2.34. The summed E-state index contributed by atoms with van der Waals surface area (Å²) >= 11 is 11.5. The number of alkyl halides is 2. The molecular formula is C10H16Cl2O. The minimum absolute atomic E-state index is 0.0557. The quantitative estimate of drug-likeness (QED) is 0.665. The van der Waals surface area contributed by atoms with E-state index >= 15 is 0 Å². The van der Waals surface area contributed by atoms with Crippen LogP contribution in [-0.4, -0.2) is 23.5 Å². The van der Waals surface area contributed by atoms with E-state index in [0.717, 1.165) is 5.92 Å². The van der Waals surface area contributed by atoms with Gasteiger partial charge in [0.15, 0.2) is 0 Å². The zero-order valence-corrected chi connectivity index (χ0v) is 9.28. The predicted molar refractivity (Wildman–Crippen MR) is 55.6 cm³/mol. The molecule has 0 amide bonds. The maximum Gasteiger partial charge on any atom is 0.0852 e. The van der Waals surface area contributed by atoms with Crippen LogP contribution in [0.4, 0.5) is 0 Å². The predicted octanol–water partition coefficient (Wildman–Crippen LogP) is 3.18. The van der Waals surface area contributed by atoms with Gasteiger partial charge in [0.05, 0.1) is 11.7 Å². The number of halogens is 2. The molecule has 0 atom stereocenters. The molecule has 0 aliphatic heterocycles. The zero-order chi connectivity index (χ0) is 9.31. The Balaban J connectivity index is 1.92. The summed E-state index contributed by atoms with van der Waals surface area (Å²) in [6.07, 6.45) is 6.44. The largest absolute Gasteiger partial charge is 0.369 e. The molecule has 0 radical (unpaired) electrons. The van der Waals surface area contributed by atoms with Crippen molar-refractivity contribution >= 4 is 23.2 Å². The smallest absolute Gasteiger partial charge is 0.0852 e. The molecule has 2 saturated carbocycles. The van der Waals surface area contributed by atoms with Gasteiger partial charge < -0.3 is 4.74 Å². The standard InChI is InChI=1S/C10H16Cl2O/c11-6-9(7-12)13-10-3-1-8(5-10)2-4-10/h8-9H,1-7H2. The zero-order valence-electron chi connectivity index (χ0n) is 7.77. The molecule has 0 aromatic rings. The van der Waals surface area contributed by atoms with Crippen LogP contribution in [0.3, 0.4) is 0 Å². The Hall–Kier alpha value is 0.540. The molecule has 0 saturated heterocycles. The highest BCUT2D eigenvalue weighted by molar-refractivity contribution is 6.21. The van der Waals surface area contributed by atoms with E-state index in [1.807, 2.05) is 0 Å². The van der Waals surface area contributed by atoms with Crippen molar-refractivity contribution in [3.8, 4) is 0 Å². The van der Waals surface area contributed by atoms with Crippen molar-refractivity contribution < 1.29 is 4.74 Å². The third-order valence-electron chi connectivity index (χ3n) is 3.44. The summed E-state index contributed by atoms with van der Waals surface area (Å²) in [6.45, 7) is 0. The summed E-state index contributed by atoms with van der Waals surface area (Å²) in [5.74, 6) is 1.97. The Morgan fingerprint density at radius 3 is 2.23 bits per heavy atom. The molecular weight excluding hydrogens is 207 g/mol. The van der Waals surface area contributed by atoms with Crippen LogP contribution in [0.1, 0.15) is 32.1 Å². The van der Waals surface area contributed by atoms with Gasteiger partial charge in [0.25, 0.3) is 0 Å². The molecule has 3 heteroatoms. The Kier molecular flexibility index (Phi) is 3.07. The molecule has 76 valence electrons. The highest BCUT2D eigenvalue weighted by Gasteiger charge is 2.46. The van der Waals surface area contributed by atoms with Crippen molar-refractivity contribution in [2.24, 2.45) is 5.92 Å². The molecule has 1 nitrogen and oxygen atoms in total. The SMILES string of the molecule is ClCC(CCl)OC12CCC(CC1)C2. The minimum Gasteiger partial charge on any atom is -0.369 e. The summed E-state index contributed by atoms with van der Waals surface area (Å²) < 4.78 is 6.02. The second kappa shape index (κ2) is 3.96. The van der Waals surface area contributed by atoms with E-state index in [1.54, 1.807) is 0 Å². The lowest BCUT2D eigenvalue weighted by Gasteiger charge is -2.30. The Morgan fingerprint density at radius 1 is 1.23 bits per heavy atom. The fraction of sp³-hybridized carbons (Fsp3) is 1.00. The van der Waals surface area contributed by atoms with Crippen molar-refractivity contribution in [1.29, 1.82) is 0 Å². The topological polar surface area (TPSA) is 9.23 Å². The Morgan fingerprint density at radius 2 is 1.85 bits per heavy atom. The lowest BCUT2D eigenvalue weighted by molar-refractivity contribution is -0.0697. The van der Waals surface area contributed by atoms with Crippen molar-refractivity contribution in [2.45, 2.75) is 43.8 Å². The molecule has 0 aromatic heterocycles. The van der Waals surface area contributed by atoms with Gasteiger partial charge in [0.2, 0.25) is 0 Å². The summed E-state index contributed by atoms with van der Waals surface area (Å²) in [7, 11) is 0. The minimum atomic E-state index is 0.0557. The number of hydrogen-bond donors (Lipinski definition) is 0. The molecule has 2 fully saturated rings. The number of ether oxygens (including phenoxy) is 1. The lowest BCUT2D eigenvalue weighted by atomic mass is 9.97. The number of fused-ring (bicyclic) bond motifs is 2. The second-order valence-electron chi connectivity index (χ2n) is 4.38. The van der Waals surface area contributed by atoms with Crippen LogP contribution in [0.25, 0.3) is 0 Å². The summed E-state index contributed by atoms with van der Waals surface area (Å²) in [5, 5.41) is 0. The Bertz CT molecular complexity index is 172. The van der Waals surface area contributed by atoms with Gasteiger partial charge in [-0.3, -0.25) is 0 Å². The summed E-state index contributed by atoms with van der Waals surface area (Å²) in [6, 6.07) is 0. The van der Waals surface area contributed by atoms with Crippen molar-refractivity contribution in [3.05, 3.63) is 0 Å².